The van der Waals surface area contributed by atoms with Gasteiger partial charge in [0.2, 0.25) is 0 Å². The van der Waals surface area contributed by atoms with Crippen molar-refractivity contribution >= 4 is 0 Å². The fourth-order valence-electron chi connectivity index (χ4n) is 2.02. The maximum atomic E-state index is 3.84. The summed E-state index contributed by atoms with van der Waals surface area (Å²) in [5.41, 5.74) is 2.73. The molecule has 1 rings (SSSR count). The van der Waals surface area contributed by atoms with Crippen LogP contribution in [0.25, 0.3) is 0 Å². The summed E-state index contributed by atoms with van der Waals surface area (Å²) in [7, 11) is 0. The van der Waals surface area contributed by atoms with Crippen LogP contribution in [0.2, 0.25) is 0 Å². The zero-order chi connectivity index (χ0) is 14.3. The number of nitrogens with one attached hydrogen (secondary N) is 1. The monoisotopic (exact) mass is 260 g/mol. The molecule has 1 aromatic rings. The highest BCUT2D eigenvalue weighted by Crippen LogP contribution is 2.11. The second-order valence-corrected chi connectivity index (χ2v) is 5.67. The minimum atomic E-state index is 0.525. The van der Waals surface area contributed by atoms with Crippen molar-refractivity contribution in [2.45, 2.75) is 52.9 Å². The molecule has 2 heteroatoms. The molecule has 1 aromatic carbocycles. The lowest BCUT2D eigenvalue weighted by atomic mass is 10.1. The highest BCUT2D eigenvalue weighted by Gasteiger charge is 2.08. The topological polar surface area (TPSA) is 15.3 Å². The molecule has 0 aliphatic carbocycles. The van der Waals surface area contributed by atoms with E-state index in [1.54, 1.807) is 0 Å². The fraction of sp³-hybridized carbons (Fsp3) is 0.529. The largest absolute Gasteiger partial charge is 0.310 e. The number of hydrogen-bond acceptors (Lipinski definition) is 2. The molecule has 106 valence electrons. The molecule has 0 saturated heterocycles. The lowest BCUT2D eigenvalue weighted by Crippen LogP contribution is -2.30. The third-order valence-corrected chi connectivity index (χ3v) is 3.19. The van der Waals surface area contributed by atoms with Gasteiger partial charge in [0.1, 0.15) is 0 Å². The van der Waals surface area contributed by atoms with Crippen molar-refractivity contribution in [2.75, 3.05) is 6.54 Å². The summed E-state index contributed by atoms with van der Waals surface area (Å²) in [6, 6.07) is 9.91. The minimum absolute atomic E-state index is 0.525. The summed E-state index contributed by atoms with van der Waals surface area (Å²) in [5.74, 6) is 0. The quantitative estimate of drug-likeness (QED) is 0.719. The molecule has 0 spiro atoms. The number of nitrogens with zero attached hydrogens (tertiary/aromatic N) is 1. The van der Waals surface area contributed by atoms with Crippen LogP contribution in [0.4, 0.5) is 0 Å². The molecule has 0 aromatic heterocycles. The molecular formula is C17H28N2. The highest BCUT2D eigenvalue weighted by molar-refractivity contribution is 5.23. The predicted octanol–water partition coefficient (Wildman–Crippen LogP) is 3.58. The van der Waals surface area contributed by atoms with E-state index < -0.39 is 0 Å². The van der Waals surface area contributed by atoms with Gasteiger partial charge in [-0.2, -0.15) is 0 Å². The van der Waals surface area contributed by atoms with Gasteiger partial charge in [-0.05, 0) is 25.0 Å². The van der Waals surface area contributed by atoms with Crippen molar-refractivity contribution in [1.29, 1.82) is 0 Å². The van der Waals surface area contributed by atoms with Gasteiger partial charge < -0.3 is 5.32 Å². The van der Waals surface area contributed by atoms with Crippen LogP contribution in [0.1, 0.15) is 38.8 Å². The van der Waals surface area contributed by atoms with Crippen molar-refractivity contribution in [1.82, 2.24) is 10.2 Å². The van der Waals surface area contributed by atoms with Crippen LogP contribution >= 0.6 is 0 Å². The van der Waals surface area contributed by atoms with Crippen molar-refractivity contribution in [3.05, 3.63) is 48.0 Å². The van der Waals surface area contributed by atoms with E-state index in [1.165, 1.54) is 11.1 Å². The van der Waals surface area contributed by atoms with E-state index >= 15 is 0 Å². The molecule has 0 atom stereocenters. The number of rotatable bonds is 8. The number of hydrogen-bond donors (Lipinski definition) is 1. The third kappa shape index (κ3) is 6.04. The normalized spacial score (nSPS) is 11.5. The van der Waals surface area contributed by atoms with E-state index in [9.17, 15) is 0 Å². The second-order valence-electron chi connectivity index (χ2n) is 5.67. The van der Waals surface area contributed by atoms with Gasteiger partial charge in [0.15, 0.2) is 0 Å². The molecule has 19 heavy (non-hydrogen) atoms. The van der Waals surface area contributed by atoms with Gasteiger partial charge in [-0.25, -0.2) is 0 Å². The Morgan fingerprint density at radius 1 is 1.21 bits per heavy atom. The molecular weight excluding hydrogens is 232 g/mol. The van der Waals surface area contributed by atoms with Crippen molar-refractivity contribution in [3.8, 4) is 0 Å². The Morgan fingerprint density at radius 3 is 2.47 bits per heavy atom. The smallest absolute Gasteiger partial charge is 0.0239 e. The van der Waals surface area contributed by atoms with Crippen LogP contribution < -0.4 is 5.32 Å². The van der Waals surface area contributed by atoms with Crippen molar-refractivity contribution in [3.63, 3.8) is 0 Å². The zero-order valence-corrected chi connectivity index (χ0v) is 12.8. The Labute approximate surface area is 118 Å². The van der Waals surface area contributed by atoms with Gasteiger partial charge in [0, 0.05) is 31.7 Å². The molecule has 0 heterocycles. The highest BCUT2D eigenvalue weighted by atomic mass is 15.1. The average Bonchev–Trinajstić information content (AvgIpc) is 2.36. The molecule has 0 aliphatic heterocycles. The Kier molecular flexibility index (Phi) is 6.82. The zero-order valence-electron chi connectivity index (χ0n) is 12.8. The van der Waals surface area contributed by atoms with Crippen LogP contribution in [-0.2, 0) is 13.1 Å². The van der Waals surface area contributed by atoms with Gasteiger partial charge >= 0.3 is 0 Å². The maximum absolute atomic E-state index is 3.84. The molecule has 0 fully saturated rings. The first-order valence-electron chi connectivity index (χ1n) is 7.19. The second kappa shape index (κ2) is 8.13. The van der Waals surface area contributed by atoms with E-state index in [1.807, 2.05) is 6.08 Å². The van der Waals surface area contributed by atoms with Crippen LogP contribution in [-0.4, -0.2) is 23.5 Å². The van der Waals surface area contributed by atoms with Crippen molar-refractivity contribution < 1.29 is 0 Å². The van der Waals surface area contributed by atoms with Gasteiger partial charge in [0.05, 0.1) is 0 Å². The van der Waals surface area contributed by atoms with Crippen molar-refractivity contribution in [2.24, 2.45) is 0 Å². The summed E-state index contributed by atoms with van der Waals surface area (Å²) >= 11 is 0. The Balaban J connectivity index is 2.67. The average molecular weight is 260 g/mol. The van der Waals surface area contributed by atoms with Gasteiger partial charge in [0.25, 0.3) is 0 Å². The van der Waals surface area contributed by atoms with Crippen LogP contribution in [0, 0.1) is 0 Å². The standard InChI is InChI=1S/C17H28N2/c1-6-10-19(15(4)5)13-17-9-7-8-16(11-17)12-18-14(2)3/h6-9,11,14-15,18H,1,10,12-13H2,2-5H3. The summed E-state index contributed by atoms with van der Waals surface area (Å²) in [5, 5.41) is 3.46. The first-order chi connectivity index (χ1) is 9.02. The molecule has 0 amide bonds. The molecule has 1 N–H and O–H groups in total. The Hall–Kier alpha value is -1.12. The van der Waals surface area contributed by atoms with E-state index in [0.29, 0.717) is 12.1 Å². The lowest BCUT2D eigenvalue weighted by molar-refractivity contribution is 0.237. The Morgan fingerprint density at radius 2 is 1.89 bits per heavy atom. The molecule has 2 nitrogen and oxygen atoms in total. The minimum Gasteiger partial charge on any atom is -0.310 e. The molecule has 0 saturated carbocycles. The SMILES string of the molecule is C=CCN(Cc1cccc(CNC(C)C)c1)C(C)C. The first-order valence-corrected chi connectivity index (χ1v) is 7.19. The molecule has 0 aliphatic rings. The molecule has 0 unspecified atom stereocenters. The van der Waals surface area contributed by atoms with E-state index in [2.05, 4.69) is 68.8 Å². The van der Waals surface area contributed by atoms with Gasteiger partial charge in [-0.3, -0.25) is 4.90 Å². The fourth-order valence-corrected chi connectivity index (χ4v) is 2.02. The van der Waals surface area contributed by atoms with E-state index in [4.69, 9.17) is 0 Å². The number of benzene rings is 1. The van der Waals surface area contributed by atoms with Gasteiger partial charge in [-0.15, -0.1) is 6.58 Å². The van der Waals surface area contributed by atoms with Gasteiger partial charge in [-0.1, -0.05) is 44.2 Å². The predicted molar refractivity (Wildman–Crippen MR) is 84.2 cm³/mol. The third-order valence-electron chi connectivity index (χ3n) is 3.19. The van der Waals surface area contributed by atoms with Crippen LogP contribution in [0.15, 0.2) is 36.9 Å². The molecule has 0 bridgehead atoms. The van der Waals surface area contributed by atoms with E-state index in [-0.39, 0.29) is 0 Å². The molecule has 0 radical (unpaired) electrons. The maximum Gasteiger partial charge on any atom is 0.0239 e. The van der Waals surface area contributed by atoms with Crippen LogP contribution in [0.5, 0.6) is 0 Å². The van der Waals surface area contributed by atoms with E-state index in [0.717, 1.165) is 19.6 Å². The Bertz CT molecular complexity index is 383. The summed E-state index contributed by atoms with van der Waals surface area (Å²) in [6.45, 7) is 15.5. The lowest BCUT2D eigenvalue weighted by Gasteiger charge is -2.25. The first kappa shape index (κ1) is 15.9. The van der Waals surface area contributed by atoms with Crippen LogP contribution in [0.3, 0.4) is 0 Å². The summed E-state index contributed by atoms with van der Waals surface area (Å²) in [6.07, 6.45) is 1.98. The summed E-state index contributed by atoms with van der Waals surface area (Å²) in [4.78, 5) is 2.42. The summed E-state index contributed by atoms with van der Waals surface area (Å²) < 4.78 is 0.